The number of rotatable bonds is 6. The minimum atomic E-state index is -4.07. The zero-order valence-corrected chi connectivity index (χ0v) is 16.3. The van der Waals surface area contributed by atoms with Gasteiger partial charge in [-0.2, -0.15) is 0 Å². The molecule has 1 aromatic heterocycles. The fourth-order valence-electron chi connectivity index (χ4n) is 2.53. The number of aromatic nitrogens is 1. The number of anilines is 1. The number of aryl methyl sites for hydroxylation is 1. The summed E-state index contributed by atoms with van der Waals surface area (Å²) in [5, 5.41) is 10.8. The second kappa shape index (κ2) is 7.84. The molecule has 0 aliphatic heterocycles. The van der Waals surface area contributed by atoms with Crippen LogP contribution >= 0.6 is 0 Å². The predicted octanol–water partition coefficient (Wildman–Crippen LogP) is 4.05. The summed E-state index contributed by atoms with van der Waals surface area (Å²) in [6.45, 7) is 1.62. The predicted molar refractivity (Wildman–Crippen MR) is 104 cm³/mol. The van der Waals surface area contributed by atoms with Crippen LogP contribution in [0.3, 0.4) is 0 Å². The number of sulfonamides is 1. The van der Waals surface area contributed by atoms with E-state index in [1.165, 1.54) is 55.6 Å². The highest BCUT2D eigenvalue weighted by molar-refractivity contribution is 7.92. The Kier molecular flexibility index (Phi) is 5.46. The van der Waals surface area contributed by atoms with Gasteiger partial charge in [-0.25, -0.2) is 17.8 Å². The Hall–Kier alpha value is -3.53. The normalized spacial score (nSPS) is 11.1. The zero-order chi connectivity index (χ0) is 21.2. The van der Waals surface area contributed by atoms with Gasteiger partial charge in [0.25, 0.3) is 15.7 Å². The molecular formula is C19H16FN3O5S. The number of nitro groups is 1. The molecule has 0 saturated heterocycles. The third-order valence-electron chi connectivity index (χ3n) is 4.12. The van der Waals surface area contributed by atoms with E-state index in [1.807, 2.05) is 0 Å². The molecule has 150 valence electrons. The van der Waals surface area contributed by atoms with E-state index in [9.17, 15) is 22.9 Å². The summed E-state index contributed by atoms with van der Waals surface area (Å²) in [7, 11) is -2.75. The maximum atomic E-state index is 13.9. The van der Waals surface area contributed by atoms with Crippen LogP contribution in [0.5, 0.6) is 11.6 Å². The SMILES string of the molecule is Cc1cc([N+](=O)[O-])cnc1Oc1ccc(N(C)S(=O)(=O)c2ccccc2F)cc1. The monoisotopic (exact) mass is 417 g/mol. The average molecular weight is 417 g/mol. The highest BCUT2D eigenvalue weighted by Crippen LogP contribution is 2.29. The van der Waals surface area contributed by atoms with Crippen molar-refractivity contribution in [3.8, 4) is 11.6 Å². The molecule has 0 spiro atoms. The van der Waals surface area contributed by atoms with E-state index in [0.717, 1.165) is 16.6 Å². The molecule has 0 fully saturated rings. The number of halogens is 1. The van der Waals surface area contributed by atoms with Crippen molar-refractivity contribution in [3.05, 3.63) is 82.3 Å². The lowest BCUT2D eigenvalue weighted by atomic mass is 10.2. The van der Waals surface area contributed by atoms with Crippen LogP contribution in [-0.4, -0.2) is 25.4 Å². The molecule has 0 radical (unpaired) electrons. The summed E-state index contributed by atoms with van der Waals surface area (Å²) in [5.74, 6) is -0.287. The molecule has 0 aliphatic rings. The van der Waals surface area contributed by atoms with Crippen molar-refractivity contribution < 1.29 is 22.5 Å². The molecule has 0 atom stereocenters. The van der Waals surface area contributed by atoms with E-state index in [-0.39, 0.29) is 11.6 Å². The Morgan fingerprint density at radius 3 is 2.38 bits per heavy atom. The Labute approximate surface area is 166 Å². The summed E-state index contributed by atoms with van der Waals surface area (Å²) in [6.07, 6.45) is 1.09. The van der Waals surface area contributed by atoms with Crippen LogP contribution in [0, 0.1) is 22.9 Å². The molecular weight excluding hydrogens is 401 g/mol. The molecule has 10 heteroatoms. The van der Waals surface area contributed by atoms with Crippen molar-refractivity contribution in [3.63, 3.8) is 0 Å². The number of ether oxygens (including phenoxy) is 1. The fraction of sp³-hybridized carbons (Fsp3) is 0.105. The second-order valence-corrected chi connectivity index (χ2v) is 8.01. The van der Waals surface area contributed by atoms with Gasteiger partial charge in [-0.05, 0) is 43.3 Å². The topological polar surface area (TPSA) is 103 Å². The largest absolute Gasteiger partial charge is 0.439 e. The zero-order valence-electron chi connectivity index (χ0n) is 15.4. The van der Waals surface area contributed by atoms with Crippen molar-refractivity contribution >= 4 is 21.4 Å². The standard InChI is InChI=1S/C19H16FN3O5S/c1-13-11-15(23(24)25)12-21-19(13)28-16-9-7-14(8-10-16)22(2)29(26,27)18-6-4-3-5-17(18)20/h3-12H,1-2H3. The van der Waals surface area contributed by atoms with Gasteiger partial charge in [0.05, 0.1) is 10.6 Å². The molecule has 3 aromatic rings. The molecule has 0 N–H and O–H groups in total. The van der Waals surface area contributed by atoms with Gasteiger partial charge in [0.15, 0.2) is 0 Å². The summed E-state index contributed by atoms with van der Waals surface area (Å²) < 4.78 is 45.8. The Morgan fingerprint density at radius 1 is 1.14 bits per heavy atom. The van der Waals surface area contributed by atoms with E-state index in [4.69, 9.17) is 4.74 Å². The van der Waals surface area contributed by atoms with Gasteiger partial charge < -0.3 is 4.74 Å². The number of hydrogen-bond donors (Lipinski definition) is 0. The number of pyridine rings is 1. The number of hydrogen-bond acceptors (Lipinski definition) is 6. The molecule has 1 heterocycles. The highest BCUT2D eigenvalue weighted by Gasteiger charge is 2.24. The lowest BCUT2D eigenvalue weighted by Crippen LogP contribution is -2.27. The van der Waals surface area contributed by atoms with Crippen LogP contribution in [0.2, 0.25) is 0 Å². The minimum absolute atomic E-state index is 0.148. The van der Waals surface area contributed by atoms with Crippen LogP contribution < -0.4 is 9.04 Å². The van der Waals surface area contributed by atoms with Crippen LogP contribution in [-0.2, 0) is 10.0 Å². The summed E-state index contributed by atoms with van der Waals surface area (Å²) in [6, 6.07) is 12.5. The maximum absolute atomic E-state index is 13.9. The smallest absolute Gasteiger partial charge is 0.288 e. The quantitative estimate of drug-likeness (QED) is 0.443. The van der Waals surface area contributed by atoms with Gasteiger partial charge in [0.1, 0.15) is 22.7 Å². The highest BCUT2D eigenvalue weighted by atomic mass is 32.2. The van der Waals surface area contributed by atoms with Crippen LogP contribution in [0.15, 0.2) is 65.7 Å². The van der Waals surface area contributed by atoms with Crippen LogP contribution in [0.4, 0.5) is 15.8 Å². The first-order chi connectivity index (χ1) is 13.7. The minimum Gasteiger partial charge on any atom is -0.439 e. The van der Waals surface area contributed by atoms with Crippen molar-refractivity contribution in [1.82, 2.24) is 4.98 Å². The van der Waals surface area contributed by atoms with E-state index in [0.29, 0.717) is 17.0 Å². The Balaban J connectivity index is 1.82. The molecule has 0 bridgehead atoms. The molecule has 0 saturated carbocycles. The summed E-state index contributed by atoms with van der Waals surface area (Å²) >= 11 is 0. The van der Waals surface area contributed by atoms with Gasteiger partial charge in [0.2, 0.25) is 5.88 Å². The van der Waals surface area contributed by atoms with Gasteiger partial charge in [-0.3, -0.25) is 14.4 Å². The van der Waals surface area contributed by atoms with E-state index in [1.54, 1.807) is 6.92 Å². The van der Waals surface area contributed by atoms with Crippen LogP contribution in [0.25, 0.3) is 0 Å². The first kappa shape index (κ1) is 20.2. The molecule has 29 heavy (non-hydrogen) atoms. The third kappa shape index (κ3) is 4.16. The van der Waals surface area contributed by atoms with Crippen molar-refractivity contribution in [2.75, 3.05) is 11.4 Å². The van der Waals surface area contributed by atoms with Crippen LogP contribution in [0.1, 0.15) is 5.56 Å². The molecule has 3 rings (SSSR count). The van der Waals surface area contributed by atoms with Gasteiger partial charge in [0, 0.05) is 18.7 Å². The first-order valence-electron chi connectivity index (χ1n) is 8.32. The lowest BCUT2D eigenvalue weighted by Gasteiger charge is -2.20. The number of nitrogens with zero attached hydrogens (tertiary/aromatic N) is 3. The molecule has 0 aliphatic carbocycles. The van der Waals surface area contributed by atoms with Gasteiger partial charge >= 0.3 is 0 Å². The maximum Gasteiger partial charge on any atom is 0.288 e. The lowest BCUT2D eigenvalue weighted by molar-refractivity contribution is -0.385. The molecule has 0 amide bonds. The number of benzene rings is 2. The first-order valence-corrected chi connectivity index (χ1v) is 9.76. The summed E-state index contributed by atoms with van der Waals surface area (Å²) in [5.41, 5.74) is 0.627. The third-order valence-corrected chi connectivity index (χ3v) is 5.94. The van der Waals surface area contributed by atoms with E-state index < -0.39 is 25.7 Å². The van der Waals surface area contributed by atoms with Gasteiger partial charge in [-0.1, -0.05) is 12.1 Å². The summed E-state index contributed by atoms with van der Waals surface area (Å²) in [4.78, 5) is 13.7. The Morgan fingerprint density at radius 2 is 1.79 bits per heavy atom. The van der Waals surface area contributed by atoms with Crippen molar-refractivity contribution in [2.45, 2.75) is 11.8 Å². The average Bonchev–Trinajstić information content (AvgIpc) is 2.69. The van der Waals surface area contributed by atoms with E-state index in [2.05, 4.69) is 4.98 Å². The molecule has 0 unspecified atom stereocenters. The van der Waals surface area contributed by atoms with Crippen molar-refractivity contribution in [2.24, 2.45) is 0 Å². The second-order valence-electron chi connectivity index (χ2n) is 6.07. The molecule has 8 nitrogen and oxygen atoms in total. The Bertz CT molecular complexity index is 1170. The van der Waals surface area contributed by atoms with Gasteiger partial charge in [-0.15, -0.1) is 0 Å². The van der Waals surface area contributed by atoms with E-state index >= 15 is 0 Å². The fourth-order valence-corrected chi connectivity index (χ4v) is 3.79. The van der Waals surface area contributed by atoms with Crippen molar-refractivity contribution in [1.29, 1.82) is 0 Å². The molecule has 2 aromatic carbocycles.